The molecule has 0 amide bonds. The molecule has 4 rings (SSSR count). The fraction of sp³-hybridized carbons (Fsp3) is 0.613. The maximum Gasteiger partial charge on any atom is 0.325 e. The van der Waals surface area contributed by atoms with Crippen LogP contribution in [0.4, 0.5) is 0 Å². The molecule has 1 aliphatic heterocycles. The lowest BCUT2D eigenvalue weighted by Gasteiger charge is -2.27. The first-order valence-electron chi connectivity index (χ1n) is 14.1. The number of benzene rings is 1. The van der Waals surface area contributed by atoms with E-state index in [0.29, 0.717) is 26.3 Å². The van der Waals surface area contributed by atoms with Crippen LogP contribution in [-0.2, 0) is 40.1 Å². The third-order valence-electron chi connectivity index (χ3n) is 7.50. The maximum absolute atomic E-state index is 12.4. The molecule has 2 aliphatic rings. The molecule has 1 aromatic heterocycles. The van der Waals surface area contributed by atoms with Crippen molar-refractivity contribution in [3.8, 4) is 5.75 Å². The van der Waals surface area contributed by atoms with E-state index in [0.717, 1.165) is 61.1 Å². The Kier molecular flexibility index (Phi) is 9.80. The Hall–Kier alpha value is -2.48. The quantitative estimate of drug-likeness (QED) is 0.366. The SMILES string of the molecule is COc1cc(CCCCO[C@@H]2CCN(C(C(=O)O)c3ccccc3COC(C)(C)C)C2)nc2c1CCCC2. The second-order valence-corrected chi connectivity index (χ2v) is 11.5. The van der Waals surface area contributed by atoms with Crippen LogP contribution in [0.1, 0.15) is 87.0 Å². The van der Waals surface area contributed by atoms with Gasteiger partial charge in [-0.3, -0.25) is 14.7 Å². The predicted octanol–water partition coefficient (Wildman–Crippen LogP) is 5.52. The minimum atomic E-state index is -0.832. The van der Waals surface area contributed by atoms with Crippen LogP contribution in [0.3, 0.4) is 0 Å². The number of pyridine rings is 1. The molecule has 2 atom stereocenters. The van der Waals surface area contributed by atoms with Crippen molar-refractivity contribution in [2.24, 2.45) is 0 Å². The number of fused-ring (bicyclic) bond motifs is 1. The first-order valence-corrected chi connectivity index (χ1v) is 14.1. The van der Waals surface area contributed by atoms with E-state index < -0.39 is 12.0 Å². The van der Waals surface area contributed by atoms with Crippen LogP contribution < -0.4 is 4.74 Å². The molecule has 1 saturated heterocycles. The monoisotopic (exact) mass is 524 g/mol. The number of unbranched alkanes of at least 4 members (excludes halogenated alkanes) is 1. The van der Waals surface area contributed by atoms with Gasteiger partial charge in [0.25, 0.3) is 0 Å². The molecular weight excluding hydrogens is 480 g/mol. The van der Waals surface area contributed by atoms with Gasteiger partial charge in [0.15, 0.2) is 0 Å². The van der Waals surface area contributed by atoms with Gasteiger partial charge in [0.2, 0.25) is 0 Å². The number of carbonyl (C=O) groups is 1. The normalized spacial score (nSPS) is 18.8. The van der Waals surface area contributed by atoms with Crippen LogP contribution in [0.5, 0.6) is 5.75 Å². The molecular formula is C31H44N2O5. The second kappa shape index (κ2) is 13.0. The molecule has 208 valence electrons. The number of likely N-dealkylation sites (tertiary alicyclic amines) is 1. The van der Waals surface area contributed by atoms with Crippen molar-refractivity contribution in [2.75, 3.05) is 26.8 Å². The van der Waals surface area contributed by atoms with Gasteiger partial charge in [-0.1, -0.05) is 24.3 Å². The summed E-state index contributed by atoms with van der Waals surface area (Å²) >= 11 is 0. The highest BCUT2D eigenvalue weighted by molar-refractivity contribution is 5.76. The van der Waals surface area contributed by atoms with Crippen molar-refractivity contribution in [3.63, 3.8) is 0 Å². The molecule has 0 spiro atoms. The third kappa shape index (κ3) is 7.55. The first kappa shape index (κ1) is 28.5. The van der Waals surface area contributed by atoms with Gasteiger partial charge in [-0.25, -0.2) is 0 Å². The summed E-state index contributed by atoms with van der Waals surface area (Å²) in [6, 6.07) is 9.13. The van der Waals surface area contributed by atoms with Crippen LogP contribution in [0.2, 0.25) is 0 Å². The van der Waals surface area contributed by atoms with E-state index in [1.54, 1.807) is 7.11 Å². The largest absolute Gasteiger partial charge is 0.496 e. The van der Waals surface area contributed by atoms with Gasteiger partial charge in [-0.15, -0.1) is 0 Å². The highest BCUT2D eigenvalue weighted by Crippen LogP contribution is 2.31. The van der Waals surface area contributed by atoms with E-state index in [1.807, 2.05) is 49.9 Å². The fourth-order valence-corrected chi connectivity index (χ4v) is 5.53. The van der Waals surface area contributed by atoms with Crippen molar-refractivity contribution < 1.29 is 24.1 Å². The molecule has 1 unspecified atom stereocenters. The molecule has 1 aliphatic carbocycles. The number of methoxy groups -OCH3 is 1. The summed E-state index contributed by atoms with van der Waals surface area (Å²) in [5.74, 6) is 0.161. The summed E-state index contributed by atoms with van der Waals surface area (Å²) in [7, 11) is 1.75. The molecule has 1 aromatic carbocycles. The lowest BCUT2D eigenvalue weighted by Crippen LogP contribution is -2.34. The number of aromatic nitrogens is 1. The summed E-state index contributed by atoms with van der Waals surface area (Å²) in [6.45, 7) is 8.41. The average Bonchev–Trinajstić information content (AvgIpc) is 3.35. The van der Waals surface area contributed by atoms with Crippen molar-refractivity contribution in [1.29, 1.82) is 0 Å². The van der Waals surface area contributed by atoms with Crippen LogP contribution >= 0.6 is 0 Å². The summed E-state index contributed by atoms with van der Waals surface area (Å²) < 4.78 is 17.8. The Morgan fingerprint density at radius 2 is 1.97 bits per heavy atom. The number of hydrogen-bond acceptors (Lipinski definition) is 6. The lowest BCUT2D eigenvalue weighted by molar-refractivity contribution is -0.143. The van der Waals surface area contributed by atoms with Gasteiger partial charge in [-0.05, 0) is 83.3 Å². The molecule has 1 fully saturated rings. The van der Waals surface area contributed by atoms with E-state index in [9.17, 15) is 9.90 Å². The zero-order valence-corrected chi connectivity index (χ0v) is 23.5. The average molecular weight is 525 g/mol. The molecule has 0 saturated carbocycles. The van der Waals surface area contributed by atoms with Gasteiger partial charge >= 0.3 is 5.97 Å². The van der Waals surface area contributed by atoms with Gasteiger partial charge in [-0.2, -0.15) is 0 Å². The number of aliphatic carboxylic acids is 1. The molecule has 7 nitrogen and oxygen atoms in total. The molecule has 38 heavy (non-hydrogen) atoms. The Morgan fingerprint density at radius 3 is 2.74 bits per heavy atom. The Bertz CT molecular complexity index is 1060. The van der Waals surface area contributed by atoms with Crippen LogP contribution in [0, 0.1) is 0 Å². The van der Waals surface area contributed by atoms with E-state index in [1.165, 1.54) is 24.1 Å². The van der Waals surface area contributed by atoms with E-state index >= 15 is 0 Å². The minimum Gasteiger partial charge on any atom is -0.496 e. The Morgan fingerprint density at radius 1 is 1.18 bits per heavy atom. The lowest BCUT2D eigenvalue weighted by atomic mass is 9.94. The molecule has 0 bridgehead atoms. The third-order valence-corrected chi connectivity index (χ3v) is 7.50. The zero-order valence-electron chi connectivity index (χ0n) is 23.5. The molecule has 7 heteroatoms. The smallest absolute Gasteiger partial charge is 0.325 e. The van der Waals surface area contributed by atoms with Crippen molar-refractivity contribution >= 4 is 5.97 Å². The fourth-order valence-electron chi connectivity index (χ4n) is 5.53. The van der Waals surface area contributed by atoms with Crippen molar-refractivity contribution in [2.45, 2.75) is 96.5 Å². The van der Waals surface area contributed by atoms with Crippen LogP contribution in [-0.4, -0.2) is 59.5 Å². The zero-order chi connectivity index (χ0) is 27.1. The number of ether oxygens (including phenoxy) is 3. The predicted molar refractivity (Wildman–Crippen MR) is 148 cm³/mol. The topological polar surface area (TPSA) is 81.1 Å². The standard InChI is InChI=1S/C31H44N2O5/c1-31(2,3)38-21-22-11-5-6-13-25(22)29(30(34)35)33-17-16-24(20-33)37-18-10-9-12-23-19-28(36-4)26-14-7-8-15-27(26)32-23/h5-6,11,13,19,24,29H,7-10,12,14-18,20-21H2,1-4H3,(H,34,35)/t24-,29?/m1/s1. The summed E-state index contributed by atoms with van der Waals surface area (Å²) in [6.07, 6.45) is 8.30. The highest BCUT2D eigenvalue weighted by Gasteiger charge is 2.35. The highest BCUT2D eigenvalue weighted by atomic mass is 16.5. The number of nitrogens with zero attached hydrogens (tertiary/aromatic N) is 2. The van der Waals surface area contributed by atoms with Gasteiger partial charge in [0.1, 0.15) is 11.8 Å². The molecule has 1 N–H and O–H groups in total. The number of aryl methyl sites for hydroxylation is 2. The number of hydrogen-bond donors (Lipinski definition) is 1. The first-order chi connectivity index (χ1) is 18.2. The van der Waals surface area contributed by atoms with Crippen molar-refractivity contribution in [1.82, 2.24) is 9.88 Å². The van der Waals surface area contributed by atoms with Crippen LogP contribution in [0.15, 0.2) is 30.3 Å². The minimum absolute atomic E-state index is 0.0526. The van der Waals surface area contributed by atoms with E-state index in [4.69, 9.17) is 19.2 Å². The summed E-state index contributed by atoms with van der Waals surface area (Å²) in [4.78, 5) is 19.3. The Labute approximate surface area is 227 Å². The number of carboxylic acids is 1. The van der Waals surface area contributed by atoms with Crippen LogP contribution in [0.25, 0.3) is 0 Å². The van der Waals surface area contributed by atoms with Crippen molar-refractivity contribution in [3.05, 3.63) is 58.4 Å². The van der Waals surface area contributed by atoms with E-state index in [2.05, 4.69) is 6.07 Å². The van der Waals surface area contributed by atoms with Gasteiger partial charge < -0.3 is 19.3 Å². The van der Waals surface area contributed by atoms with Gasteiger partial charge in [0, 0.05) is 42.7 Å². The van der Waals surface area contributed by atoms with Gasteiger partial charge in [0.05, 0.1) is 25.4 Å². The Balaban J connectivity index is 1.27. The number of rotatable bonds is 12. The van der Waals surface area contributed by atoms with E-state index in [-0.39, 0.29) is 11.7 Å². The summed E-state index contributed by atoms with van der Waals surface area (Å²) in [5.41, 5.74) is 5.05. The molecule has 0 radical (unpaired) electrons. The maximum atomic E-state index is 12.4. The molecule has 2 heterocycles. The second-order valence-electron chi connectivity index (χ2n) is 11.5. The summed E-state index contributed by atoms with van der Waals surface area (Å²) in [5, 5.41) is 10.2. The number of carboxylic acid groups (broad SMARTS) is 1. The molecule has 2 aromatic rings.